The van der Waals surface area contributed by atoms with Gasteiger partial charge in [-0.15, -0.1) is 24.0 Å². The van der Waals surface area contributed by atoms with Crippen molar-refractivity contribution in [2.45, 2.75) is 51.0 Å². The molecule has 1 aromatic rings. The zero-order chi connectivity index (χ0) is 19.9. The molecule has 2 N–H and O–H groups in total. The van der Waals surface area contributed by atoms with Crippen LogP contribution >= 0.6 is 24.0 Å². The van der Waals surface area contributed by atoms with Crippen molar-refractivity contribution in [3.8, 4) is 5.75 Å². The first-order chi connectivity index (χ1) is 12.8. The van der Waals surface area contributed by atoms with Crippen LogP contribution in [0.3, 0.4) is 0 Å². The second kappa shape index (κ2) is 11.5. The van der Waals surface area contributed by atoms with Crippen molar-refractivity contribution in [1.82, 2.24) is 15.5 Å². The Hall–Kier alpha value is -1.51. The van der Waals surface area contributed by atoms with E-state index in [9.17, 15) is 4.79 Å². The lowest BCUT2D eigenvalue weighted by Crippen LogP contribution is -2.47. The van der Waals surface area contributed by atoms with Crippen LogP contribution in [0.5, 0.6) is 5.75 Å². The second-order valence-corrected chi connectivity index (χ2v) is 8.05. The number of methoxy groups -OCH3 is 1. The Kier molecular flexibility index (Phi) is 10.1. The van der Waals surface area contributed by atoms with Gasteiger partial charge in [-0.25, -0.2) is 4.99 Å². The van der Waals surface area contributed by atoms with E-state index in [1.54, 1.807) is 26.1 Å². The highest BCUT2D eigenvalue weighted by molar-refractivity contribution is 14.0. The molecule has 2 rings (SSSR count). The van der Waals surface area contributed by atoms with Gasteiger partial charge in [-0.3, -0.25) is 4.79 Å². The van der Waals surface area contributed by atoms with Gasteiger partial charge < -0.3 is 20.3 Å². The van der Waals surface area contributed by atoms with Gasteiger partial charge in [-0.1, -0.05) is 38.8 Å². The molecule has 0 aromatic heterocycles. The van der Waals surface area contributed by atoms with Crippen LogP contribution in [0.2, 0.25) is 0 Å². The number of nitrogens with zero attached hydrogens (tertiary/aromatic N) is 2. The van der Waals surface area contributed by atoms with Gasteiger partial charge in [0.1, 0.15) is 12.3 Å². The monoisotopic (exact) mass is 502 g/mol. The summed E-state index contributed by atoms with van der Waals surface area (Å²) in [7, 11) is 5.19. The van der Waals surface area contributed by atoms with Crippen LogP contribution in [0.4, 0.5) is 0 Å². The van der Waals surface area contributed by atoms with Crippen molar-refractivity contribution in [2.24, 2.45) is 4.99 Å². The van der Waals surface area contributed by atoms with Crippen LogP contribution in [0.25, 0.3) is 0 Å². The molecule has 0 aliphatic heterocycles. The zero-order valence-electron chi connectivity index (χ0n) is 17.7. The molecule has 28 heavy (non-hydrogen) atoms. The molecule has 0 heterocycles. The molecule has 1 saturated carbocycles. The van der Waals surface area contributed by atoms with Crippen LogP contribution in [0, 0.1) is 0 Å². The first-order valence-electron chi connectivity index (χ1n) is 9.71. The molecule has 0 atom stereocenters. The number of rotatable bonds is 7. The molecule has 158 valence electrons. The molecule has 1 aliphatic carbocycles. The standard InChI is InChI=1S/C21H34N4O2.HI/c1-21(2,16-9-8-12-18(13-16)27-5)15-23-20(22-14-19(26)25(3)4)24-17-10-6-7-11-17;/h8-9,12-13,17H,6-7,10-11,14-15H2,1-5H3,(H2,22,23,24);1H. The third-order valence-electron chi connectivity index (χ3n) is 5.12. The first-order valence-corrected chi connectivity index (χ1v) is 9.71. The highest BCUT2D eigenvalue weighted by atomic mass is 127. The van der Waals surface area contributed by atoms with Gasteiger partial charge in [0.2, 0.25) is 5.91 Å². The molecule has 1 aliphatic rings. The molecule has 0 bridgehead atoms. The maximum Gasteiger partial charge on any atom is 0.243 e. The van der Waals surface area contributed by atoms with E-state index in [0.717, 1.165) is 18.6 Å². The maximum absolute atomic E-state index is 11.9. The third kappa shape index (κ3) is 7.48. The topological polar surface area (TPSA) is 66.0 Å². The van der Waals surface area contributed by atoms with E-state index in [4.69, 9.17) is 4.74 Å². The molecule has 1 amide bonds. The van der Waals surface area contributed by atoms with Gasteiger partial charge in [-0.2, -0.15) is 0 Å². The number of hydrogen-bond donors (Lipinski definition) is 2. The smallest absolute Gasteiger partial charge is 0.243 e. The van der Waals surface area contributed by atoms with Gasteiger partial charge in [0.15, 0.2) is 5.96 Å². The van der Waals surface area contributed by atoms with Crippen molar-refractivity contribution in [2.75, 3.05) is 34.3 Å². The lowest BCUT2D eigenvalue weighted by atomic mass is 9.84. The lowest BCUT2D eigenvalue weighted by molar-refractivity contribution is -0.127. The van der Waals surface area contributed by atoms with Crippen LogP contribution in [-0.4, -0.2) is 57.1 Å². The normalized spacial score (nSPS) is 15.0. The number of carbonyl (C=O) groups excluding carboxylic acids is 1. The van der Waals surface area contributed by atoms with Crippen molar-refractivity contribution in [1.29, 1.82) is 0 Å². The number of aliphatic imine (C=N–C) groups is 1. The van der Waals surface area contributed by atoms with Gasteiger partial charge >= 0.3 is 0 Å². The fourth-order valence-corrected chi connectivity index (χ4v) is 3.15. The van der Waals surface area contributed by atoms with Crippen molar-refractivity contribution in [3.63, 3.8) is 0 Å². The van der Waals surface area contributed by atoms with E-state index in [-0.39, 0.29) is 41.8 Å². The summed E-state index contributed by atoms with van der Waals surface area (Å²) in [6, 6.07) is 8.58. The number of ether oxygens (including phenoxy) is 1. The minimum atomic E-state index is -0.113. The van der Waals surface area contributed by atoms with Gasteiger partial charge in [0.25, 0.3) is 0 Å². The summed E-state index contributed by atoms with van der Waals surface area (Å²) in [6.07, 6.45) is 4.80. The first kappa shape index (κ1) is 24.5. The average molecular weight is 502 g/mol. The van der Waals surface area contributed by atoms with E-state index < -0.39 is 0 Å². The van der Waals surface area contributed by atoms with Crippen LogP contribution in [0.15, 0.2) is 29.3 Å². The molecule has 0 spiro atoms. The van der Waals surface area contributed by atoms with Crippen LogP contribution in [0.1, 0.15) is 45.1 Å². The number of halogens is 1. The molecular formula is C21H35IN4O2. The average Bonchev–Trinajstić information content (AvgIpc) is 3.16. The summed E-state index contributed by atoms with van der Waals surface area (Å²) >= 11 is 0. The number of benzene rings is 1. The predicted molar refractivity (Wildman–Crippen MR) is 126 cm³/mol. The Balaban J connectivity index is 0.00000392. The van der Waals surface area contributed by atoms with Crippen molar-refractivity contribution in [3.05, 3.63) is 29.8 Å². The molecule has 7 heteroatoms. The number of nitrogens with one attached hydrogen (secondary N) is 2. The van der Waals surface area contributed by atoms with E-state index in [0.29, 0.717) is 18.5 Å². The highest BCUT2D eigenvalue weighted by Crippen LogP contribution is 2.25. The van der Waals surface area contributed by atoms with Crippen molar-refractivity contribution < 1.29 is 9.53 Å². The Labute approximate surface area is 186 Å². The minimum Gasteiger partial charge on any atom is -0.497 e. The number of guanidine groups is 1. The fourth-order valence-electron chi connectivity index (χ4n) is 3.15. The molecule has 1 fully saturated rings. The zero-order valence-corrected chi connectivity index (χ0v) is 20.1. The highest BCUT2D eigenvalue weighted by Gasteiger charge is 2.23. The van der Waals surface area contributed by atoms with Crippen LogP contribution < -0.4 is 15.4 Å². The molecule has 1 aromatic carbocycles. The van der Waals surface area contributed by atoms with E-state index in [1.807, 2.05) is 12.1 Å². The Morgan fingerprint density at radius 1 is 1.29 bits per heavy atom. The third-order valence-corrected chi connectivity index (χ3v) is 5.12. The Morgan fingerprint density at radius 3 is 2.57 bits per heavy atom. The summed E-state index contributed by atoms with van der Waals surface area (Å²) in [5.41, 5.74) is 1.08. The fraction of sp³-hybridized carbons (Fsp3) is 0.619. The second-order valence-electron chi connectivity index (χ2n) is 8.05. The molecule has 0 unspecified atom stereocenters. The molecule has 0 radical (unpaired) electrons. The molecule has 0 saturated heterocycles. The van der Waals surface area contributed by atoms with E-state index >= 15 is 0 Å². The SMILES string of the molecule is COc1cccc(C(C)(C)CNC(=NCC(=O)N(C)C)NC2CCCC2)c1.I. The van der Waals surface area contributed by atoms with E-state index in [1.165, 1.54) is 18.4 Å². The lowest BCUT2D eigenvalue weighted by Gasteiger charge is -2.28. The van der Waals surface area contributed by atoms with Gasteiger partial charge in [-0.05, 0) is 30.5 Å². The number of amides is 1. The van der Waals surface area contributed by atoms with Crippen molar-refractivity contribution >= 4 is 35.8 Å². The predicted octanol–water partition coefficient (Wildman–Crippen LogP) is 3.16. The van der Waals surface area contributed by atoms with Gasteiger partial charge in [0, 0.05) is 32.1 Å². The number of likely N-dealkylation sites (N-methyl/N-ethyl adjacent to an activating group) is 1. The summed E-state index contributed by atoms with van der Waals surface area (Å²) in [5.74, 6) is 1.57. The quantitative estimate of drug-likeness (QED) is 0.342. The number of carbonyl (C=O) groups is 1. The molecule has 6 nitrogen and oxygen atoms in total. The number of hydrogen-bond acceptors (Lipinski definition) is 3. The Bertz CT molecular complexity index is 656. The summed E-state index contributed by atoms with van der Waals surface area (Å²) in [6.45, 7) is 5.23. The summed E-state index contributed by atoms with van der Waals surface area (Å²) in [4.78, 5) is 18.0. The maximum atomic E-state index is 11.9. The summed E-state index contributed by atoms with van der Waals surface area (Å²) in [5, 5.41) is 6.94. The molecular weight excluding hydrogens is 467 g/mol. The summed E-state index contributed by atoms with van der Waals surface area (Å²) < 4.78 is 5.35. The minimum absolute atomic E-state index is 0. The van der Waals surface area contributed by atoms with E-state index in [2.05, 4.69) is 41.6 Å². The van der Waals surface area contributed by atoms with Gasteiger partial charge in [0.05, 0.1) is 7.11 Å². The van der Waals surface area contributed by atoms with Crippen LogP contribution in [-0.2, 0) is 10.2 Å². The Morgan fingerprint density at radius 2 is 1.96 bits per heavy atom. The largest absolute Gasteiger partial charge is 0.497 e.